The zero-order valence-electron chi connectivity index (χ0n) is 16.3. The van der Waals surface area contributed by atoms with Gasteiger partial charge in [0.25, 0.3) is 5.91 Å². The molecule has 5 nitrogen and oxygen atoms in total. The molecule has 1 heterocycles. The summed E-state index contributed by atoms with van der Waals surface area (Å²) in [4.78, 5) is 28.4. The molecule has 1 saturated heterocycles. The van der Waals surface area contributed by atoms with E-state index in [9.17, 15) is 14.7 Å². The molecule has 5 heteroatoms. The van der Waals surface area contributed by atoms with Crippen LogP contribution in [0, 0.1) is 17.3 Å². The molecular formula is C23H29NO4. The maximum absolute atomic E-state index is 13.4. The maximum atomic E-state index is 13.4. The molecule has 0 spiro atoms. The standard InChI is InChI=1S/C23H29NO4/c25-20(24-8-4-5-9-24)19(18-6-2-1-3-7-18)28-21(26)22-11-16-10-17(12-22)14-23(27,13-16)15-22/h1-3,6-7,16-17,19,27H,4-5,8-15H2/t16-,17+,19-,22?,23?/m0/s1. The summed E-state index contributed by atoms with van der Waals surface area (Å²) in [5.74, 6) is 0.424. The van der Waals surface area contributed by atoms with Gasteiger partial charge in [0.15, 0.2) is 0 Å². The van der Waals surface area contributed by atoms with Gasteiger partial charge in [-0.2, -0.15) is 0 Å². The molecule has 1 N–H and O–H groups in total. The van der Waals surface area contributed by atoms with Crippen molar-refractivity contribution in [1.29, 1.82) is 0 Å². The van der Waals surface area contributed by atoms with Crippen molar-refractivity contribution < 1.29 is 19.4 Å². The monoisotopic (exact) mass is 383 g/mol. The Balaban J connectivity index is 1.41. The van der Waals surface area contributed by atoms with Crippen molar-refractivity contribution >= 4 is 11.9 Å². The summed E-state index contributed by atoms with van der Waals surface area (Å²) in [6, 6.07) is 9.37. The Morgan fingerprint density at radius 3 is 2.29 bits per heavy atom. The highest BCUT2D eigenvalue weighted by Crippen LogP contribution is 2.62. The van der Waals surface area contributed by atoms with Crippen molar-refractivity contribution in [1.82, 2.24) is 4.90 Å². The first-order chi connectivity index (χ1) is 13.5. The Morgan fingerprint density at radius 1 is 1.04 bits per heavy atom. The summed E-state index contributed by atoms with van der Waals surface area (Å²) in [6.07, 6.45) is 5.95. The molecule has 1 aliphatic heterocycles. The van der Waals surface area contributed by atoms with Crippen LogP contribution in [0.1, 0.15) is 63.0 Å². The minimum atomic E-state index is -0.880. The van der Waals surface area contributed by atoms with Crippen LogP contribution < -0.4 is 0 Å². The normalized spacial score (nSPS) is 37.1. The van der Waals surface area contributed by atoms with Gasteiger partial charge < -0.3 is 14.7 Å². The van der Waals surface area contributed by atoms with E-state index in [1.54, 1.807) is 0 Å². The third-order valence-corrected chi connectivity index (χ3v) is 7.43. The van der Waals surface area contributed by atoms with Crippen LogP contribution in [0.4, 0.5) is 0 Å². The van der Waals surface area contributed by atoms with E-state index in [4.69, 9.17) is 4.74 Å². The van der Waals surface area contributed by atoms with Gasteiger partial charge in [-0.05, 0) is 63.2 Å². The first-order valence-electron chi connectivity index (χ1n) is 10.7. The van der Waals surface area contributed by atoms with E-state index in [2.05, 4.69) is 0 Å². The van der Waals surface area contributed by atoms with Crippen LogP contribution in [-0.4, -0.2) is 40.6 Å². The number of likely N-dealkylation sites (tertiary alicyclic amines) is 1. The average molecular weight is 383 g/mol. The summed E-state index contributed by atoms with van der Waals surface area (Å²) < 4.78 is 6.00. The van der Waals surface area contributed by atoms with Crippen molar-refractivity contribution in [3.05, 3.63) is 35.9 Å². The van der Waals surface area contributed by atoms with Gasteiger partial charge in [0, 0.05) is 18.7 Å². The van der Waals surface area contributed by atoms with Crippen LogP contribution in [0.5, 0.6) is 0 Å². The Labute approximate surface area is 166 Å². The summed E-state index contributed by atoms with van der Waals surface area (Å²) >= 11 is 0. The maximum Gasteiger partial charge on any atom is 0.313 e. The lowest BCUT2D eigenvalue weighted by atomic mass is 9.48. The number of carbonyl (C=O) groups is 2. The molecule has 1 amide bonds. The summed E-state index contributed by atoms with van der Waals surface area (Å²) in [5.41, 5.74) is -0.599. The number of hydrogen-bond donors (Lipinski definition) is 1. The predicted octanol–water partition coefficient (Wildman–Crippen LogP) is 3.22. The lowest BCUT2D eigenvalue weighted by Crippen LogP contribution is -2.58. The molecule has 4 bridgehead atoms. The van der Waals surface area contributed by atoms with Crippen LogP contribution in [0.2, 0.25) is 0 Å². The number of rotatable bonds is 4. The van der Waals surface area contributed by atoms with Crippen molar-refractivity contribution in [2.24, 2.45) is 17.3 Å². The lowest BCUT2D eigenvalue weighted by Gasteiger charge is -2.58. The first-order valence-corrected chi connectivity index (χ1v) is 10.7. The fourth-order valence-electron chi connectivity index (χ4n) is 6.68. The lowest BCUT2D eigenvalue weighted by molar-refractivity contribution is -0.201. The molecule has 150 valence electrons. The number of carbonyl (C=O) groups excluding carboxylic acids is 2. The Hall–Kier alpha value is -1.88. The van der Waals surface area contributed by atoms with Gasteiger partial charge in [0.05, 0.1) is 11.0 Å². The molecule has 4 aliphatic carbocycles. The first kappa shape index (κ1) is 18.2. The third-order valence-electron chi connectivity index (χ3n) is 7.43. The van der Waals surface area contributed by atoms with Gasteiger partial charge in [-0.25, -0.2) is 0 Å². The van der Waals surface area contributed by atoms with E-state index in [0.717, 1.165) is 63.6 Å². The number of hydrogen-bond acceptors (Lipinski definition) is 4. The molecule has 1 aromatic rings. The molecular weight excluding hydrogens is 354 g/mol. The van der Waals surface area contributed by atoms with Crippen LogP contribution in [0.3, 0.4) is 0 Å². The molecule has 1 aromatic carbocycles. The van der Waals surface area contributed by atoms with Gasteiger partial charge in [-0.15, -0.1) is 0 Å². The molecule has 0 radical (unpaired) electrons. The van der Waals surface area contributed by atoms with Crippen LogP contribution in [0.15, 0.2) is 30.3 Å². The summed E-state index contributed by atoms with van der Waals surface area (Å²) in [5, 5.41) is 11.0. The van der Waals surface area contributed by atoms with Crippen molar-refractivity contribution in [3.63, 3.8) is 0 Å². The number of ether oxygens (including phenoxy) is 1. The number of esters is 1. The van der Waals surface area contributed by atoms with Gasteiger partial charge in [0.2, 0.25) is 6.10 Å². The second-order valence-electron chi connectivity index (χ2n) is 9.69. The zero-order valence-corrected chi connectivity index (χ0v) is 16.3. The summed E-state index contributed by atoms with van der Waals surface area (Å²) in [6.45, 7) is 1.46. The Bertz CT molecular complexity index is 756. The Kier molecular flexibility index (Phi) is 4.27. The van der Waals surface area contributed by atoms with Crippen LogP contribution in [0.25, 0.3) is 0 Å². The van der Waals surface area contributed by atoms with E-state index in [1.165, 1.54) is 0 Å². The number of nitrogens with zero attached hydrogens (tertiary/aromatic N) is 1. The molecule has 28 heavy (non-hydrogen) atoms. The minimum Gasteiger partial charge on any atom is -0.447 e. The minimum absolute atomic E-state index is 0.111. The van der Waals surface area contributed by atoms with Crippen LogP contribution >= 0.6 is 0 Å². The van der Waals surface area contributed by atoms with E-state index in [-0.39, 0.29) is 11.9 Å². The van der Waals surface area contributed by atoms with Crippen molar-refractivity contribution in [2.75, 3.05) is 13.1 Å². The van der Waals surface area contributed by atoms with Crippen molar-refractivity contribution in [2.45, 2.75) is 63.1 Å². The predicted molar refractivity (Wildman–Crippen MR) is 103 cm³/mol. The van der Waals surface area contributed by atoms with Gasteiger partial charge in [0.1, 0.15) is 0 Å². The second kappa shape index (κ2) is 6.58. The Morgan fingerprint density at radius 2 is 1.68 bits per heavy atom. The molecule has 4 saturated carbocycles. The van der Waals surface area contributed by atoms with Crippen LogP contribution in [-0.2, 0) is 14.3 Å². The fourth-order valence-corrected chi connectivity index (χ4v) is 6.68. The topological polar surface area (TPSA) is 66.8 Å². The van der Waals surface area contributed by atoms with E-state index < -0.39 is 17.1 Å². The van der Waals surface area contributed by atoms with Gasteiger partial charge in [-0.3, -0.25) is 9.59 Å². The van der Waals surface area contributed by atoms with Crippen molar-refractivity contribution in [3.8, 4) is 0 Å². The number of benzene rings is 1. The molecule has 2 unspecified atom stereocenters. The highest BCUT2D eigenvalue weighted by molar-refractivity contribution is 5.87. The number of amides is 1. The smallest absolute Gasteiger partial charge is 0.313 e. The largest absolute Gasteiger partial charge is 0.447 e. The zero-order chi connectivity index (χ0) is 19.4. The molecule has 5 fully saturated rings. The second-order valence-corrected chi connectivity index (χ2v) is 9.69. The molecule has 0 aromatic heterocycles. The SMILES string of the molecule is O=C([C@@H](OC(=O)C12C[C@@H]3C[C@@H](CC(O)(C3)C1)C2)c1ccccc1)N1CCCC1. The highest BCUT2D eigenvalue weighted by Gasteiger charge is 2.61. The highest BCUT2D eigenvalue weighted by atomic mass is 16.5. The van der Waals surface area contributed by atoms with Gasteiger partial charge in [-0.1, -0.05) is 30.3 Å². The molecule has 5 atom stereocenters. The van der Waals surface area contributed by atoms with E-state index in [0.29, 0.717) is 18.3 Å². The average Bonchev–Trinajstić information content (AvgIpc) is 3.19. The fraction of sp³-hybridized carbons (Fsp3) is 0.652. The molecule has 5 aliphatic rings. The third kappa shape index (κ3) is 3.04. The summed E-state index contributed by atoms with van der Waals surface area (Å²) in [7, 11) is 0. The quantitative estimate of drug-likeness (QED) is 0.811. The number of aliphatic hydroxyl groups is 1. The van der Waals surface area contributed by atoms with E-state index >= 15 is 0 Å². The van der Waals surface area contributed by atoms with E-state index in [1.807, 2.05) is 35.2 Å². The molecule has 6 rings (SSSR count). The van der Waals surface area contributed by atoms with Gasteiger partial charge >= 0.3 is 5.97 Å².